The molecule has 1 aliphatic rings. The lowest BCUT2D eigenvalue weighted by Crippen LogP contribution is -2.34. The van der Waals surface area contributed by atoms with Crippen molar-refractivity contribution in [1.82, 2.24) is 10.3 Å². The van der Waals surface area contributed by atoms with Crippen molar-refractivity contribution >= 4 is 16.8 Å². The van der Waals surface area contributed by atoms with Crippen molar-refractivity contribution in [2.24, 2.45) is 5.92 Å². The summed E-state index contributed by atoms with van der Waals surface area (Å²) in [5, 5.41) is 4.41. The number of carbonyl (C=O) groups excluding carboxylic acids is 1. The number of ether oxygens (including phenoxy) is 1. The Morgan fingerprint density at radius 3 is 2.75 bits per heavy atom. The van der Waals surface area contributed by atoms with Crippen molar-refractivity contribution in [3.63, 3.8) is 0 Å². The summed E-state index contributed by atoms with van der Waals surface area (Å²) in [4.78, 5) is 16.1. The Labute approximate surface area is 165 Å². The molecule has 0 aliphatic heterocycles. The molecule has 2 aromatic carbocycles. The van der Waals surface area contributed by atoms with E-state index in [0.717, 1.165) is 36.1 Å². The van der Waals surface area contributed by atoms with Crippen LogP contribution in [0.3, 0.4) is 0 Å². The summed E-state index contributed by atoms with van der Waals surface area (Å²) in [6, 6.07) is 16.4. The highest BCUT2D eigenvalue weighted by molar-refractivity contribution is 5.84. The first-order chi connectivity index (χ1) is 13.8. The van der Waals surface area contributed by atoms with Crippen molar-refractivity contribution in [2.45, 2.75) is 25.2 Å². The minimum Gasteiger partial charge on any atom is -0.497 e. The summed E-state index contributed by atoms with van der Waals surface area (Å²) < 4.78 is 5.31. The van der Waals surface area contributed by atoms with Gasteiger partial charge in [0.2, 0.25) is 5.91 Å². The molecule has 0 radical (unpaired) electrons. The predicted molar refractivity (Wildman–Crippen MR) is 113 cm³/mol. The van der Waals surface area contributed by atoms with Crippen LogP contribution in [-0.2, 0) is 4.79 Å². The number of nitrogens with one attached hydrogen (secondary N) is 2. The number of para-hydroxylation sites is 1. The predicted octanol–water partition coefficient (Wildman–Crippen LogP) is 4.78. The molecule has 1 heterocycles. The Bertz CT molecular complexity index is 972. The number of methoxy groups -OCH3 is 1. The number of aromatic amines is 1. The Morgan fingerprint density at radius 2 is 2.00 bits per heavy atom. The van der Waals surface area contributed by atoms with Crippen molar-refractivity contribution in [2.75, 3.05) is 13.7 Å². The van der Waals surface area contributed by atoms with Gasteiger partial charge in [-0.25, -0.2) is 0 Å². The second-order valence-electron chi connectivity index (χ2n) is 7.34. The van der Waals surface area contributed by atoms with Crippen LogP contribution in [-0.4, -0.2) is 24.5 Å². The van der Waals surface area contributed by atoms with Gasteiger partial charge in [0.05, 0.1) is 7.11 Å². The number of rotatable bonds is 6. The fraction of sp³-hybridized carbons (Fsp3) is 0.292. The van der Waals surface area contributed by atoms with Gasteiger partial charge in [-0.3, -0.25) is 4.79 Å². The van der Waals surface area contributed by atoms with E-state index in [1.165, 1.54) is 10.9 Å². The molecule has 28 heavy (non-hydrogen) atoms. The SMILES string of the molecule is COc1ccc([C@@H](CNC(=O)[C@@H]2CC=CCC2)c2c[nH]c3ccccc23)cc1. The lowest BCUT2D eigenvalue weighted by atomic mass is 9.89. The lowest BCUT2D eigenvalue weighted by Gasteiger charge is -2.22. The van der Waals surface area contributed by atoms with Gasteiger partial charge in [-0.05, 0) is 48.6 Å². The number of hydrogen-bond acceptors (Lipinski definition) is 2. The normalized spacial score (nSPS) is 17.4. The minimum absolute atomic E-state index is 0.0742. The monoisotopic (exact) mass is 374 g/mol. The zero-order chi connectivity index (χ0) is 19.3. The highest BCUT2D eigenvalue weighted by Crippen LogP contribution is 2.31. The van der Waals surface area contributed by atoms with Crippen LogP contribution in [0.25, 0.3) is 10.9 Å². The maximum Gasteiger partial charge on any atom is 0.223 e. The van der Waals surface area contributed by atoms with E-state index in [-0.39, 0.29) is 17.7 Å². The summed E-state index contributed by atoms with van der Waals surface area (Å²) >= 11 is 0. The van der Waals surface area contributed by atoms with E-state index in [1.54, 1.807) is 7.11 Å². The molecule has 1 amide bonds. The summed E-state index contributed by atoms with van der Waals surface area (Å²) in [7, 11) is 1.67. The van der Waals surface area contributed by atoms with Gasteiger partial charge < -0.3 is 15.0 Å². The van der Waals surface area contributed by atoms with Gasteiger partial charge in [0.15, 0.2) is 0 Å². The smallest absolute Gasteiger partial charge is 0.223 e. The average Bonchev–Trinajstić information content (AvgIpc) is 3.19. The highest BCUT2D eigenvalue weighted by Gasteiger charge is 2.22. The molecular formula is C24H26N2O2. The van der Waals surface area contributed by atoms with Gasteiger partial charge in [0.1, 0.15) is 5.75 Å². The van der Waals surface area contributed by atoms with Gasteiger partial charge in [-0.1, -0.05) is 42.5 Å². The molecule has 0 saturated carbocycles. The molecule has 4 nitrogen and oxygen atoms in total. The maximum atomic E-state index is 12.7. The largest absolute Gasteiger partial charge is 0.497 e. The third-order valence-corrected chi connectivity index (χ3v) is 5.64. The number of benzene rings is 2. The zero-order valence-electron chi connectivity index (χ0n) is 16.2. The second-order valence-corrected chi connectivity index (χ2v) is 7.34. The summed E-state index contributed by atoms with van der Waals surface area (Å²) in [6.45, 7) is 0.577. The standard InChI is InChI=1S/C24H26N2O2/c1-28-19-13-11-17(12-14-19)21(15-26-24(27)18-7-3-2-4-8-18)22-16-25-23-10-6-5-9-20(22)23/h2-3,5-6,9-14,16,18,21,25H,4,7-8,15H2,1H3,(H,26,27)/t18-,21-/m1/s1. The number of amides is 1. The lowest BCUT2D eigenvalue weighted by molar-refractivity contribution is -0.125. The Kier molecular flexibility index (Phi) is 5.47. The molecule has 4 rings (SSSR count). The van der Waals surface area contributed by atoms with Crippen molar-refractivity contribution in [1.29, 1.82) is 0 Å². The average molecular weight is 374 g/mol. The first-order valence-electron chi connectivity index (χ1n) is 9.89. The van der Waals surface area contributed by atoms with Crippen LogP contribution in [0.15, 0.2) is 66.9 Å². The second kappa shape index (κ2) is 8.34. The molecule has 0 fully saturated rings. The Balaban J connectivity index is 1.61. The van der Waals surface area contributed by atoms with E-state index in [2.05, 4.69) is 59.0 Å². The Morgan fingerprint density at radius 1 is 1.18 bits per heavy atom. The van der Waals surface area contributed by atoms with Crippen molar-refractivity contribution < 1.29 is 9.53 Å². The molecule has 2 N–H and O–H groups in total. The molecule has 4 heteroatoms. The molecule has 3 aromatic rings. The van der Waals surface area contributed by atoms with Gasteiger partial charge in [0, 0.05) is 35.5 Å². The fourth-order valence-corrected chi connectivity index (χ4v) is 4.00. The van der Waals surface area contributed by atoms with Gasteiger partial charge in [-0.2, -0.15) is 0 Å². The number of allylic oxidation sites excluding steroid dienone is 2. The van der Waals surface area contributed by atoms with Crippen LogP contribution >= 0.6 is 0 Å². The molecule has 2 atom stereocenters. The van der Waals surface area contributed by atoms with E-state index in [1.807, 2.05) is 18.2 Å². The molecule has 144 valence electrons. The molecule has 1 aliphatic carbocycles. The fourth-order valence-electron chi connectivity index (χ4n) is 4.00. The van der Waals surface area contributed by atoms with E-state index >= 15 is 0 Å². The van der Waals surface area contributed by atoms with Crippen LogP contribution in [0, 0.1) is 5.92 Å². The maximum absolute atomic E-state index is 12.7. The van der Waals surface area contributed by atoms with Crippen LogP contribution in [0.2, 0.25) is 0 Å². The summed E-state index contributed by atoms with van der Waals surface area (Å²) in [5.41, 5.74) is 3.47. The molecule has 0 unspecified atom stereocenters. The van der Waals surface area contributed by atoms with E-state index in [9.17, 15) is 4.79 Å². The zero-order valence-corrected chi connectivity index (χ0v) is 16.2. The summed E-state index contributed by atoms with van der Waals surface area (Å²) in [6.07, 6.45) is 9.11. The molecule has 1 aromatic heterocycles. The topological polar surface area (TPSA) is 54.1 Å². The third kappa shape index (κ3) is 3.81. The first kappa shape index (κ1) is 18.4. The molecule has 0 spiro atoms. The molecular weight excluding hydrogens is 348 g/mol. The first-order valence-corrected chi connectivity index (χ1v) is 9.89. The van der Waals surface area contributed by atoms with E-state index in [4.69, 9.17) is 4.74 Å². The van der Waals surface area contributed by atoms with Crippen molar-refractivity contribution in [3.8, 4) is 5.75 Å². The summed E-state index contributed by atoms with van der Waals surface area (Å²) in [5.74, 6) is 1.15. The van der Waals surface area contributed by atoms with Crippen molar-refractivity contribution in [3.05, 3.63) is 78.0 Å². The van der Waals surface area contributed by atoms with Crippen LogP contribution in [0.4, 0.5) is 0 Å². The number of fused-ring (bicyclic) bond motifs is 1. The van der Waals surface area contributed by atoms with Gasteiger partial charge in [-0.15, -0.1) is 0 Å². The van der Waals surface area contributed by atoms with Gasteiger partial charge >= 0.3 is 0 Å². The Hall–Kier alpha value is -3.01. The van der Waals surface area contributed by atoms with Crippen LogP contribution in [0.5, 0.6) is 5.75 Å². The number of H-pyrrole nitrogens is 1. The number of hydrogen-bond donors (Lipinski definition) is 2. The highest BCUT2D eigenvalue weighted by atomic mass is 16.5. The molecule has 0 saturated heterocycles. The van der Waals surface area contributed by atoms with Crippen LogP contribution in [0.1, 0.15) is 36.3 Å². The van der Waals surface area contributed by atoms with Crippen LogP contribution < -0.4 is 10.1 Å². The number of aromatic nitrogens is 1. The van der Waals surface area contributed by atoms with Gasteiger partial charge in [0.25, 0.3) is 0 Å². The minimum atomic E-state index is 0.0742. The molecule has 0 bridgehead atoms. The van der Waals surface area contributed by atoms with E-state index in [0.29, 0.717) is 6.54 Å². The number of carbonyl (C=O) groups is 1. The van der Waals surface area contributed by atoms with E-state index < -0.39 is 0 Å². The third-order valence-electron chi connectivity index (χ3n) is 5.64. The quantitative estimate of drug-likeness (QED) is 0.610.